The molecule has 19 heavy (non-hydrogen) atoms. The average molecular weight is 329 g/mol. The fourth-order valence-corrected chi connectivity index (χ4v) is 2.08. The van der Waals surface area contributed by atoms with E-state index in [1.54, 1.807) is 0 Å². The molecule has 0 aliphatic carbocycles. The third kappa shape index (κ3) is 5.13. The molecular weight excluding hydrogens is 304 g/mol. The number of likely N-dealkylation sites (N-methyl/N-ethyl adjacent to an activating group) is 1. The molecule has 0 aliphatic heterocycles. The molecular formula is C15H25BrN2O. The van der Waals surface area contributed by atoms with Crippen molar-refractivity contribution in [2.24, 2.45) is 0 Å². The first kappa shape index (κ1) is 16.5. The number of hydrogen-bond acceptors (Lipinski definition) is 3. The molecule has 108 valence electrons. The van der Waals surface area contributed by atoms with Crippen LogP contribution in [0.15, 0.2) is 22.7 Å². The number of aliphatic hydroxyl groups is 1. The van der Waals surface area contributed by atoms with Crippen LogP contribution in [0.4, 0.5) is 5.69 Å². The van der Waals surface area contributed by atoms with Gasteiger partial charge in [0.25, 0.3) is 0 Å². The highest BCUT2D eigenvalue weighted by atomic mass is 79.9. The molecule has 0 bridgehead atoms. The van der Waals surface area contributed by atoms with Crippen molar-refractivity contribution in [3.05, 3.63) is 28.2 Å². The smallest absolute Gasteiger partial charge is 0.0632 e. The molecule has 0 spiro atoms. The van der Waals surface area contributed by atoms with Crippen molar-refractivity contribution in [3.8, 4) is 0 Å². The quantitative estimate of drug-likeness (QED) is 0.871. The zero-order valence-electron chi connectivity index (χ0n) is 12.5. The van der Waals surface area contributed by atoms with Gasteiger partial charge in [0.05, 0.1) is 6.61 Å². The fourth-order valence-electron chi connectivity index (χ4n) is 1.74. The Morgan fingerprint density at radius 1 is 1.37 bits per heavy atom. The molecule has 0 amide bonds. The lowest BCUT2D eigenvalue weighted by molar-refractivity contribution is 0.270. The van der Waals surface area contributed by atoms with Gasteiger partial charge in [-0.05, 0) is 45.4 Å². The lowest BCUT2D eigenvalue weighted by Crippen LogP contribution is -2.37. The van der Waals surface area contributed by atoms with Crippen LogP contribution < -0.4 is 10.2 Å². The van der Waals surface area contributed by atoms with E-state index in [0.29, 0.717) is 0 Å². The molecule has 0 aromatic heterocycles. The zero-order valence-corrected chi connectivity index (χ0v) is 14.1. The summed E-state index contributed by atoms with van der Waals surface area (Å²) in [4.78, 5) is 2.12. The highest BCUT2D eigenvalue weighted by Crippen LogP contribution is 2.26. The molecule has 0 fully saturated rings. The summed E-state index contributed by atoms with van der Waals surface area (Å²) in [5, 5.41) is 12.8. The second-order valence-corrected chi connectivity index (χ2v) is 6.93. The molecule has 2 N–H and O–H groups in total. The summed E-state index contributed by atoms with van der Waals surface area (Å²) in [5.41, 5.74) is 2.47. The van der Waals surface area contributed by atoms with Gasteiger partial charge in [0.2, 0.25) is 0 Å². The van der Waals surface area contributed by atoms with Gasteiger partial charge in [-0.3, -0.25) is 0 Å². The zero-order chi connectivity index (χ0) is 14.6. The lowest BCUT2D eigenvalue weighted by Gasteiger charge is -2.29. The Labute approximate surface area is 125 Å². The third-order valence-corrected chi connectivity index (χ3v) is 3.66. The summed E-state index contributed by atoms with van der Waals surface area (Å²) in [7, 11) is 2.02. The molecule has 0 saturated carbocycles. The van der Waals surface area contributed by atoms with E-state index < -0.39 is 0 Å². The van der Waals surface area contributed by atoms with Gasteiger partial charge in [0.15, 0.2) is 0 Å². The van der Waals surface area contributed by atoms with Crippen LogP contribution >= 0.6 is 15.9 Å². The van der Waals surface area contributed by atoms with E-state index in [9.17, 15) is 5.11 Å². The normalized spacial score (nSPS) is 13.4. The average Bonchev–Trinajstić information content (AvgIpc) is 2.34. The SMILES string of the molecule is CC(CO)N(C)c1cc(Br)ccc1CNC(C)(C)C. The predicted octanol–water partition coefficient (Wildman–Crippen LogP) is 3.15. The summed E-state index contributed by atoms with van der Waals surface area (Å²) in [6, 6.07) is 6.38. The molecule has 0 saturated heterocycles. The van der Waals surface area contributed by atoms with Gasteiger partial charge >= 0.3 is 0 Å². The number of benzene rings is 1. The predicted molar refractivity (Wildman–Crippen MR) is 85.7 cm³/mol. The van der Waals surface area contributed by atoms with E-state index in [1.165, 1.54) is 5.56 Å². The van der Waals surface area contributed by atoms with Gasteiger partial charge in [0.1, 0.15) is 0 Å². The van der Waals surface area contributed by atoms with Crippen molar-refractivity contribution in [2.45, 2.75) is 45.8 Å². The van der Waals surface area contributed by atoms with Crippen molar-refractivity contribution in [3.63, 3.8) is 0 Å². The summed E-state index contributed by atoms with van der Waals surface area (Å²) in [6.07, 6.45) is 0. The number of halogens is 1. The topological polar surface area (TPSA) is 35.5 Å². The molecule has 1 aromatic rings. The Bertz CT molecular complexity index is 415. The van der Waals surface area contributed by atoms with Crippen molar-refractivity contribution in [1.29, 1.82) is 0 Å². The summed E-state index contributed by atoms with van der Waals surface area (Å²) in [6.45, 7) is 9.45. The second-order valence-electron chi connectivity index (χ2n) is 6.02. The maximum Gasteiger partial charge on any atom is 0.0632 e. The Balaban J connectivity index is 2.97. The first-order valence-corrected chi connectivity index (χ1v) is 7.41. The van der Waals surface area contributed by atoms with E-state index in [2.05, 4.69) is 65.1 Å². The van der Waals surface area contributed by atoms with Gasteiger partial charge in [-0.2, -0.15) is 0 Å². The maximum atomic E-state index is 9.32. The van der Waals surface area contributed by atoms with Crippen LogP contribution in [0.2, 0.25) is 0 Å². The van der Waals surface area contributed by atoms with Crippen molar-refractivity contribution < 1.29 is 5.11 Å². The van der Waals surface area contributed by atoms with E-state index in [4.69, 9.17) is 0 Å². The van der Waals surface area contributed by atoms with Gasteiger partial charge in [-0.15, -0.1) is 0 Å². The number of nitrogens with one attached hydrogen (secondary N) is 1. The Hall–Kier alpha value is -0.580. The Morgan fingerprint density at radius 3 is 2.53 bits per heavy atom. The molecule has 1 atom stereocenters. The minimum atomic E-state index is 0.0888. The standard InChI is InChI=1S/C15H25BrN2O/c1-11(10-19)18(5)14-8-13(16)7-6-12(14)9-17-15(2,3)4/h6-8,11,17,19H,9-10H2,1-5H3. The second kappa shape index (κ2) is 6.73. The Morgan fingerprint density at radius 2 is 2.00 bits per heavy atom. The summed E-state index contributed by atoms with van der Waals surface area (Å²) in [5.74, 6) is 0. The number of rotatable bonds is 5. The minimum absolute atomic E-state index is 0.0888. The van der Waals surface area contributed by atoms with Crippen molar-refractivity contribution in [2.75, 3.05) is 18.6 Å². The van der Waals surface area contributed by atoms with Crippen LogP contribution in [0, 0.1) is 0 Å². The van der Waals surface area contributed by atoms with Crippen LogP contribution in [-0.4, -0.2) is 30.3 Å². The molecule has 0 aliphatic rings. The van der Waals surface area contributed by atoms with E-state index in [1.807, 2.05) is 14.0 Å². The Kier molecular flexibility index (Phi) is 5.83. The highest BCUT2D eigenvalue weighted by molar-refractivity contribution is 9.10. The lowest BCUT2D eigenvalue weighted by atomic mass is 10.1. The van der Waals surface area contributed by atoms with Crippen molar-refractivity contribution in [1.82, 2.24) is 5.32 Å². The fraction of sp³-hybridized carbons (Fsp3) is 0.600. The maximum absolute atomic E-state index is 9.32. The molecule has 1 rings (SSSR count). The number of hydrogen-bond donors (Lipinski definition) is 2. The highest BCUT2D eigenvalue weighted by Gasteiger charge is 2.15. The van der Waals surface area contributed by atoms with Crippen LogP contribution in [0.25, 0.3) is 0 Å². The van der Waals surface area contributed by atoms with E-state index in [0.717, 1.165) is 16.7 Å². The number of nitrogens with zero attached hydrogens (tertiary/aromatic N) is 1. The van der Waals surface area contributed by atoms with Crippen LogP contribution in [0.1, 0.15) is 33.3 Å². The monoisotopic (exact) mass is 328 g/mol. The molecule has 0 heterocycles. The first-order valence-electron chi connectivity index (χ1n) is 6.61. The largest absolute Gasteiger partial charge is 0.394 e. The molecule has 0 radical (unpaired) electrons. The first-order chi connectivity index (χ1) is 8.74. The van der Waals surface area contributed by atoms with E-state index in [-0.39, 0.29) is 18.2 Å². The molecule has 3 nitrogen and oxygen atoms in total. The van der Waals surface area contributed by atoms with Gasteiger partial charge in [-0.1, -0.05) is 22.0 Å². The summed E-state index contributed by atoms with van der Waals surface area (Å²) < 4.78 is 1.05. The van der Waals surface area contributed by atoms with Crippen LogP contribution in [0.3, 0.4) is 0 Å². The number of anilines is 1. The molecule has 1 aromatic carbocycles. The summed E-state index contributed by atoms with van der Waals surface area (Å²) >= 11 is 3.52. The van der Waals surface area contributed by atoms with Crippen LogP contribution in [-0.2, 0) is 6.54 Å². The van der Waals surface area contributed by atoms with Gasteiger partial charge < -0.3 is 15.3 Å². The van der Waals surface area contributed by atoms with Crippen molar-refractivity contribution >= 4 is 21.6 Å². The molecule has 4 heteroatoms. The minimum Gasteiger partial charge on any atom is -0.394 e. The van der Waals surface area contributed by atoms with E-state index >= 15 is 0 Å². The van der Waals surface area contributed by atoms with Crippen LogP contribution in [0.5, 0.6) is 0 Å². The molecule has 1 unspecified atom stereocenters. The van der Waals surface area contributed by atoms with Gasteiger partial charge in [-0.25, -0.2) is 0 Å². The third-order valence-electron chi connectivity index (χ3n) is 3.16. The van der Waals surface area contributed by atoms with Gasteiger partial charge in [0, 0.05) is 35.3 Å². The number of aliphatic hydroxyl groups excluding tert-OH is 1.